The number of anilines is 1. The van der Waals surface area contributed by atoms with Crippen molar-refractivity contribution >= 4 is 5.69 Å². The molecular formula is C18H24N2O. The second-order valence-corrected chi connectivity index (χ2v) is 5.58. The first-order chi connectivity index (χ1) is 10.1. The van der Waals surface area contributed by atoms with Crippen molar-refractivity contribution in [2.24, 2.45) is 0 Å². The summed E-state index contributed by atoms with van der Waals surface area (Å²) in [4.78, 5) is 4.43. The van der Waals surface area contributed by atoms with E-state index in [0.717, 1.165) is 18.8 Å². The second-order valence-electron chi connectivity index (χ2n) is 5.58. The predicted octanol–water partition coefficient (Wildman–Crippen LogP) is 3.39. The molecule has 0 aliphatic carbocycles. The highest BCUT2D eigenvalue weighted by Crippen LogP contribution is 2.16. The zero-order valence-electron chi connectivity index (χ0n) is 13.3. The Morgan fingerprint density at radius 2 is 1.24 bits per heavy atom. The number of methoxy groups -OCH3 is 1. The summed E-state index contributed by atoms with van der Waals surface area (Å²) < 4.78 is 5.18. The lowest BCUT2D eigenvalue weighted by Gasteiger charge is -2.18. The van der Waals surface area contributed by atoms with Crippen LogP contribution >= 0.6 is 0 Å². The molecule has 0 amide bonds. The van der Waals surface area contributed by atoms with Gasteiger partial charge >= 0.3 is 0 Å². The number of hydrogen-bond donors (Lipinski definition) is 0. The van der Waals surface area contributed by atoms with Gasteiger partial charge in [-0.2, -0.15) is 0 Å². The lowest BCUT2D eigenvalue weighted by Crippen LogP contribution is -2.17. The minimum atomic E-state index is 0.903. The molecular weight excluding hydrogens is 260 g/mol. The van der Waals surface area contributed by atoms with Gasteiger partial charge in [0.2, 0.25) is 0 Å². The predicted molar refractivity (Wildman–Crippen MR) is 88.9 cm³/mol. The normalized spacial score (nSPS) is 10.7. The van der Waals surface area contributed by atoms with Crippen molar-refractivity contribution in [1.29, 1.82) is 0 Å². The fraction of sp³-hybridized carbons (Fsp3) is 0.333. The zero-order valence-corrected chi connectivity index (χ0v) is 13.3. The number of rotatable bonds is 6. The summed E-state index contributed by atoms with van der Waals surface area (Å²) in [6.07, 6.45) is 0. The highest BCUT2D eigenvalue weighted by atomic mass is 16.5. The van der Waals surface area contributed by atoms with Crippen LogP contribution < -0.4 is 9.64 Å². The lowest BCUT2D eigenvalue weighted by atomic mass is 10.1. The van der Waals surface area contributed by atoms with E-state index in [1.165, 1.54) is 16.8 Å². The number of ether oxygens (including phenoxy) is 1. The number of benzene rings is 2. The van der Waals surface area contributed by atoms with E-state index in [2.05, 4.69) is 67.3 Å². The van der Waals surface area contributed by atoms with E-state index >= 15 is 0 Å². The van der Waals surface area contributed by atoms with Gasteiger partial charge in [-0.15, -0.1) is 0 Å². The highest BCUT2D eigenvalue weighted by molar-refractivity contribution is 5.45. The van der Waals surface area contributed by atoms with Gasteiger partial charge in [-0.1, -0.05) is 24.3 Å². The second kappa shape index (κ2) is 7.14. The van der Waals surface area contributed by atoms with Gasteiger partial charge in [0.15, 0.2) is 0 Å². The molecule has 112 valence electrons. The summed E-state index contributed by atoms with van der Waals surface area (Å²) in [5, 5.41) is 0. The van der Waals surface area contributed by atoms with Crippen molar-refractivity contribution in [3.05, 3.63) is 59.7 Å². The molecule has 0 N–H and O–H groups in total. The maximum Gasteiger partial charge on any atom is 0.118 e. The minimum Gasteiger partial charge on any atom is -0.497 e. The Bertz CT molecular complexity index is 546. The van der Waals surface area contributed by atoms with Crippen LogP contribution in [0.2, 0.25) is 0 Å². The Morgan fingerprint density at radius 3 is 1.67 bits per heavy atom. The molecule has 0 heterocycles. The molecule has 2 rings (SSSR count). The number of hydrogen-bond acceptors (Lipinski definition) is 3. The van der Waals surface area contributed by atoms with Gasteiger partial charge < -0.3 is 9.64 Å². The first kappa shape index (κ1) is 15.4. The minimum absolute atomic E-state index is 0.903. The molecule has 0 aromatic heterocycles. The summed E-state index contributed by atoms with van der Waals surface area (Å²) in [5.74, 6) is 0.903. The van der Waals surface area contributed by atoms with E-state index in [4.69, 9.17) is 4.74 Å². The average Bonchev–Trinajstić information content (AvgIpc) is 2.48. The van der Waals surface area contributed by atoms with E-state index in [-0.39, 0.29) is 0 Å². The van der Waals surface area contributed by atoms with Crippen LogP contribution in [0.4, 0.5) is 5.69 Å². The van der Waals surface area contributed by atoms with Crippen LogP contribution in [-0.2, 0) is 13.1 Å². The van der Waals surface area contributed by atoms with Gasteiger partial charge in [0.1, 0.15) is 5.75 Å². The molecule has 0 bridgehead atoms. The van der Waals surface area contributed by atoms with Crippen LogP contribution in [-0.4, -0.2) is 33.2 Å². The Balaban J connectivity index is 1.92. The van der Waals surface area contributed by atoms with E-state index in [9.17, 15) is 0 Å². The third-order valence-corrected chi connectivity index (χ3v) is 3.52. The average molecular weight is 284 g/mol. The maximum absolute atomic E-state index is 5.18. The third-order valence-electron chi connectivity index (χ3n) is 3.52. The van der Waals surface area contributed by atoms with Gasteiger partial charge in [-0.05, 0) is 42.4 Å². The van der Waals surface area contributed by atoms with Crippen molar-refractivity contribution in [2.45, 2.75) is 13.1 Å². The van der Waals surface area contributed by atoms with Gasteiger partial charge in [-0.3, -0.25) is 4.90 Å². The molecule has 0 spiro atoms. The first-order valence-corrected chi connectivity index (χ1v) is 7.16. The van der Waals surface area contributed by atoms with Crippen LogP contribution in [0.15, 0.2) is 48.5 Å². The largest absolute Gasteiger partial charge is 0.497 e. The summed E-state index contributed by atoms with van der Waals surface area (Å²) in [7, 11) is 7.96. The fourth-order valence-corrected chi connectivity index (χ4v) is 2.31. The molecule has 2 aromatic rings. The van der Waals surface area contributed by atoms with Crippen LogP contribution in [0.25, 0.3) is 0 Å². The van der Waals surface area contributed by atoms with Crippen molar-refractivity contribution in [1.82, 2.24) is 4.90 Å². The molecule has 0 saturated heterocycles. The summed E-state index contributed by atoms with van der Waals surface area (Å²) >= 11 is 0. The Labute approximate surface area is 127 Å². The van der Waals surface area contributed by atoms with E-state index in [0.29, 0.717) is 0 Å². The van der Waals surface area contributed by atoms with Crippen molar-refractivity contribution < 1.29 is 4.74 Å². The standard InChI is InChI=1S/C18H24N2O/c1-19(2)17-9-5-15(6-10-17)13-20(3)14-16-7-11-18(21-4)12-8-16/h5-12H,13-14H2,1-4H3. The Kier molecular flexibility index (Phi) is 5.23. The van der Waals surface area contributed by atoms with E-state index in [1.54, 1.807) is 7.11 Å². The van der Waals surface area contributed by atoms with Crippen molar-refractivity contribution in [3.63, 3.8) is 0 Å². The first-order valence-electron chi connectivity index (χ1n) is 7.16. The Hall–Kier alpha value is -2.00. The zero-order chi connectivity index (χ0) is 15.2. The van der Waals surface area contributed by atoms with E-state index < -0.39 is 0 Å². The molecule has 3 heteroatoms. The van der Waals surface area contributed by atoms with Crippen molar-refractivity contribution in [3.8, 4) is 5.75 Å². The Morgan fingerprint density at radius 1 is 0.762 bits per heavy atom. The maximum atomic E-state index is 5.18. The topological polar surface area (TPSA) is 15.7 Å². The monoisotopic (exact) mass is 284 g/mol. The SMILES string of the molecule is COc1ccc(CN(C)Cc2ccc(N(C)C)cc2)cc1. The highest BCUT2D eigenvalue weighted by Gasteiger charge is 2.03. The van der Waals surface area contributed by atoms with Crippen LogP contribution in [0, 0.1) is 0 Å². The molecule has 0 aliphatic rings. The molecule has 3 nitrogen and oxygen atoms in total. The molecule has 0 fully saturated rings. The third kappa shape index (κ3) is 4.50. The fourth-order valence-electron chi connectivity index (χ4n) is 2.31. The summed E-state index contributed by atoms with van der Waals surface area (Å²) in [6.45, 7) is 1.87. The molecule has 0 atom stereocenters. The van der Waals surface area contributed by atoms with Crippen molar-refractivity contribution in [2.75, 3.05) is 33.2 Å². The lowest BCUT2D eigenvalue weighted by molar-refractivity contribution is 0.319. The van der Waals surface area contributed by atoms with Crippen LogP contribution in [0.5, 0.6) is 5.75 Å². The molecule has 0 unspecified atom stereocenters. The summed E-state index contributed by atoms with van der Waals surface area (Å²) in [6, 6.07) is 17.0. The van der Waals surface area contributed by atoms with Gasteiger partial charge in [-0.25, -0.2) is 0 Å². The van der Waals surface area contributed by atoms with Crippen LogP contribution in [0.3, 0.4) is 0 Å². The van der Waals surface area contributed by atoms with Gasteiger partial charge in [0, 0.05) is 32.9 Å². The molecule has 0 radical (unpaired) electrons. The van der Waals surface area contributed by atoms with E-state index in [1.807, 2.05) is 12.1 Å². The van der Waals surface area contributed by atoms with Gasteiger partial charge in [0.05, 0.1) is 7.11 Å². The summed E-state index contributed by atoms with van der Waals surface area (Å²) in [5.41, 5.74) is 3.86. The smallest absolute Gasteiger partial charge is 0.118 e. The molecule has 0 aliphatic heterocycles. The molecule has 2 aromatic carbocycles. The van der Waals surface area contributed by atoms with Gasteiger partial charge in [0.25, 0.3) is 0 Å². The van der Waals surface area contributed by atoms with Crippen LogP contribution in [0.1, 0.15) is 11.1 Å². The number of nitrogens with zero attached hydrogens (tertiary/aromatic N) is 2. The molecule has 21 heavy (non-hydrogen) atoms. The molecule has 0 saturated carbocycles. The quantitative estimate of drug-likeness (QED) is 0.808.